The van der Waals surface area contributed by atoms with Crippen molar-refractivity contribution in [2.75, 3.05) is 19.7 Å². The number of amides is 2. The zero-order chi connectivity index (χ0) is 23.8. The Hall–Kier alpha value is -3.39. The van der Waals surface area contributed by atoms with Gasteiger partial charge in [0.1, 0.15) is 6.61 Å². The molecule has 0 heterocycles. The first-order valence-electron chi connectivity index (χ1n) is 11.2. The van der Waals surface area contributed by atoms with Gasteiger partial charge in [-0.2, -0.15) is 0 Å². The number of fused-ring (bicyclic) bond motifs is 3. The van der Waals surface area contributed by atoms with Crippen LogP contribution >= 0.6 is 0 Å². The van der Waals surface area contributed by atoms with Gasteiger partial charge in [-0.05, 0) is 28.7 Å². The maximum absolute atomic E-state index is 12.4. The van der Waals surface area contributed by atoms with Crippen molar-refractivity contribution in [3.63, 3.8) is 0 Å². The summed E-state index contributed by atoms with van der Waals surface area (Å²) in [5.41, 5.74) is 4.54. The number of nitrogens with one attached hydrogen (secondary N) is 2. The molecule has 33 heavy (non-hydrogen) atoms. The molecule has 0 aliphatic heterocycles. The van der Waals surface area contributed by atoms with Crippen molar-refractivity contribution in [1.29, 1.82) is 0 Å². The highest BCUT2D eigenvalue weighted by molar-refractivity contribution is 5.80. The third-order valence-electron chi connectivity index (χ3n) is 5.85. The van der Waals surface area contributed by atoms with Crippen LogP contribution in [-0.2, 0) is 14.3 Å². The molecule has 1 unspecified atom stereocenters. The van der Waals surface area contributed by atoms with Crippen molar-refractivity contribution in [3.8, 4) is 11.1 Å². The first-order valence-corrected chi connectivity index (χ1v) is 11.2. The van der Waals surface area contributed by atoms with Crippen molar-refractivity contribution in [3.05, 3.63) is 59.7 Å². The zero-order valence-corrected chi connectivity index (χ0v) is 18.6. The maximum atomic E-state index is 12.4. The highest BCUT2D eigenvalue weighted by Gasteiger charge is 2.29. The second kappa shape index (κ2) is 11.5. The number of alkyl carbamates (subject to hydrolysis) is 1. The molecule has 0 saturated heterocycles. The van der Waals surface area contributed by atoms with Gasteiger partial charge in [0.25, 0.3) is 0 Å². The van der Waals surface area contributed by atoms with E-state index in [1.54, 1.807) is 0 Å². The van der Waals surface area contributed by atoms with Gasteiger partial charge < -0.3 is 25.6 Å². The Morgan fingerprint density at radius 1 is 0.970 bits per heavy atom. The average molecular weight is 455 g/mol. The number of hydrogen-bond acceptors (Lipinski definition) is 5. The number of carboxylic acids is 1. The van der Waals surface area contributed by atoms with E-state index in [2.05, 4.69) is 22.8 Å². The quantitative estimate of drug-likeness (QED) is 0.414. The molecule has 4 N–H and O–H groups in total. The van der Waals surface area contributed by atoms with E-state index in [0.717, 1.165) is 28.7 Å². The minimum absolute atomic E-state index is 0.0391. The third kappa shape index (κ3) is 6.10. The van der Waals surface area contributed by atoms with Gasteiger partial charge in [0.15, 0.2) is 6.10 Å². The number of aliphatic hydroxyl groups is 1. The van der Waals surface area contributed by atoms with Gasteiger partial charge in [0.2, 0.25) is 5.91 Å². The number of benzene rings is 2. The number of carboxylic acid groups (broad SMARTS) is 1. The molecule has 1 aliphatic carbocycles. The van der Waals surface area contributed by atoms with Crippen molar-refractivity contribution < 1.29 is 29.3 Å². The fourth-order valence-corrected chi connectivity index (χ4v) is 4.13. The minimum Gasteiger partial charge on any atom is -0.479 e. The Morgan fingerprint density at radius 2 is 1.58 bits per heavy atom. The molecule has 0 saturated carbocycles. The van der Waals surface area contributed by atoms with Crippen LogP contribution in [0.2, 0.25) is 0 Å². The molecule has 0 spiro atoms. The van der Waals surface area contributed by atoms with Crippen LogP contribution in [0.15, 0.2) is 48.5 Å². The topological polar surface area (TPSA) is 125 Å². The van der Waals surface area contributed by atoms with Crippen LogP contribution in [0.4, 0.5) is 4.79 Å². The molecule has 0 bridgehead atoms. The number of hydrogen-bond donors (Lipinski definition) is 4. The van der Waals surface area contributed by atoms with E-state index in [1.807, 2.05) is 43.3 Å². The van der Waals surface area contributed by atoms with E-state index in [1.165, 1.54) is 0 Å². The Balaban J connectivity index is 1.51. The molecule has 8 nitrogen and oxygen atoms in total. The number of aliphatic hydroxyl groups excluding tert-OH is 1. The lowest BCUT2D eigenvalue weighted by molar-refractivity contribution is -0.147. The van der Waals surface area contributed by atoms with Gasteiger partial charge in [-0.3, -0.25) is 4.79 Å². The van der Waals surface area contributed by atoms with E-state index in [4.69, 9.17) is 9.84 Å². The number of aliphatic carboxylic acids is 1. The number of rotatable bonds is 11. The summed E-state index contributed by atoms with van der Waals surface area (Å²) >= 11 is 0. The van der Waals surface area contributed by atoms with Gasteiger partial charge in [-0.15, -0.1) is 0 Å². The van der Waals surface area contributed by atoms with Crippen molar-refractivity contribution in [2.24, 2.45) is 5.92 Å². The number of carbonyl (C=O) groups excluding carboxylic acids is 2. The van der Waals surface area contributed by atoms with Crippen LogP contribution in [0, 0.1) is 5.92 Å². The molecule has 2 atom stereocenters. The minimum atomic E-state index is -1.52. The second-order valence-corrected chi connectivity index (χ2v) is 8.13. The summed E-state index contributed by atoms with van der Waals surface area (Å²) in [5, 5.41) is 23.3. The van der Waals surface area contributed by atoms with Gasteiger partial charge in [0, 0.05) is 25.4 Å². The molecule has 8 heteroatoms. The highest BCUT2D eigenvalue weighted by Crippen LogP contribution is 2.44. The van der Waals surface area contributed by atoms with E-state index < -0.39 is 24.1 Å². The van der Waals surface area contributed by atoms with Crippen LogP contribution in [0.3, 0.4) is 0 Å². The van der Waals surface area contributed by atoms with Crippen LogP contribution in [-0.4, -0.2) is 54.0 Å². The number of ether oxygens (including phenoxy) is 1. The molecule has 1 aliphatic rings. The summed E-state index contributed by atoms with van der Waals surface area (Å²) in [7, 11) is 0. The summed E-state index contributed by atoms with van der Waals surface area (Å²) in [6, 6.07) is 16.2. The van der Waals surface area contributed by atoms with Crippen LogP contribution in [0.25, 0.3) is 11.1 Å². The molecule has 2 amide bonds. The maximum Gasteiger partial charge on any atom is 0.407 e. The largest absolute Gasteiger partial charge is 0.479 e. The normalized spacial score (nSPS) is 14.0. The van der Waals surface area contributed by atoms with E-state index in [0.29, 0.717) is 6.42 Å². The Bertz CT molecular complexity index is 947. The van der Waals surface area contributed by atoms with E-state index >= 15 is 0 Å². The first kappa shape index (κ1) is 24.3. The van der Waals surface area contributed by atoms with Crippen LogP contribution < -0.4 is 10.6 Å². The molecule has 2 aromatic rings. The van der Waals surface area contributed by atoms with Gasteiger partial charge in [0.05, 0.1) is 5.92 Å². The summed E-state index contributed by atoms with van der Waals surface area (Å²) in [4.78, 5) is 35.4. The SMILES string of the molecule is CCCC(CNC(=O)OCC1c2ccccc2-c2ccccc21)C(=O)NCC[C@H](O)C(=O)O. The molecule has 2 aromatic carbocycles. The Kier molecular flexibility index (Phi) is 8.43. The second-order valence-electron chi connectivity index (χ2n) is 8.13. The predicted octanol–water partition coefficient (Wildman–Crippen LogP) is 2.89. The van der Waals surface area contributed by atoms with E-state index in [9.17, 15) is 19.5 Å². The lowest BCUT2D eigenvalue weighted by Gasteiger charge is -2.18. The standard InChI is InChI=1S/C25H30N2O6/c1-2-7-16(23(29)26-13-12-22(28)24(30)31)14-27-25(32)33-15-21-19-10-5-3-8-17(19)18-9-4-6-11-20(18)21/h3-6,8-11,16,21-22,28H,2,7,12-15H2,1H3,(H,26,29)(H,27,32)(H,30,31)/t16?,22-/m0/s1. The lowest BCUT2D eigenvalue weighted by Crippen LogP contribution is -2.40. The molecular weight excluding hydrogens is 424 g/mol. The first-order chi connectivity index (χ1) is 15.9. The summed E-state index contributed by atoms with van der Waals surface area (Å²) in [6.45, 7) is 2.27. The average Bonchev–Trinajstić information content (AvgIpc) is 3.13. The molecule has 3 rings (SSSR count). The van der Waals surface area contributed by atoms with Crippen LogP contribution in [0.5, 0.6) is 0 Å². The highest BCUT2D eigenvalue weighted by atomic mass is 16.5. The Labute approximate surface area is 193 Å². The molecule has 0 aromatic heterocycles. The third-order valence-corrected chi connectivity index (χ3v) is 5.85. The molecule has 176 valence electrons. The zero-order valence-electron chi connectivity index (χ0n) is 18.6. The fraction of sp³-hybridized carbons (Fsp3) is 0.400. The fourth-order valence-electron chi connectivity index (χ4n) is 4.13. The Morgan fingerprint density at radius 3 is 2.15 bits per heavy atom. The van der Waals surface area contributed by atoms with Gasteiger partial charge in [-0.25, -0.2) is 9.59 Å². The summed E-state index contributed by atoms with van der Waals surface area (Å²) < 4.78 is 5.51. The molecular formula is C25H30N2O6. The van der Waals surface area contributed by atoms with E-state index in [-0.39, 0.29) is 37.9 Å². The lowest BCUT2D eigenvalue weighted by atomic mass is 9.98. The summed E-state index contributed by atoms with van der Waals surface area (Å²) in [5.74, 6) is -2.14. The molecule has 0 radical (unpaired) electrons. The smallest absolute Gasteiger partial charge is 0.407 e. The van der Waals surface area contributed by atoms with Crippen molar-refractivity contribution in [1.82, 2.24) is 10.6 Å². The van der Waals surface area contributed by atoms with Crippen LogP contribution in [0.1, 0.15) is 43.2 Å². The molecule has 0 fully saturated rings. The summed E-state index contributed by atoms with van der Waals surface area (Å²) in [6.07, 6.45) is -0.903. The number of carbonyl (C=O) groups is 3. The van der Waals surface area contributed by atoms with Crippen molar-refractivity contribution in [2.45, 2.75) is 38.2 Å². The monoisotopic (exact) mass is 454 g/mol. The van der Waals surface area contributed by atoms with Crippen molar-refractivity contribution >= 4 is 18.0 Å². The van der Waals surface area contributed by atoms with Gasteiger partial charge >= 0.3 is 12.1 Å². The predicted molar refractivity (Wildman–Crippen MR) is 123 cm³/mol. The van der Waals surface area contributed by atoms with Gasteiger partial charge in [-0.1, -0.05) is 61.9 Å².